The smallest absolute Gasteiger partial charge is 0.146 e. The fourth-order valence-electron chi connectivity index (χ4n) is 1.24. The summed E-state index contributed by atoms with van der Waals surface area (Å²) in [7, 11) is 1.57. The summed E-state index contributed by atoms with van der Waals surface area (Å²) in [4.78, 5) is 0. The Kier molecular flexibility index (Phi) is 8.67. The molecule has 0 aliphatic heterocycles. The van der Waals surface area contributed by atoms with Crippen LogP contribution < -0.4 is 0 Å². The summed E-state index contributed by atoms with van der Waals surface area (Å²) in [6.45, 7) is 6.81. The summed E-state index contributed by atoms with van der Waals surface area (Å²) in [6, 6.07) is 0. The second-order valence-electron chi connectivity index (χ2n) is 4.18. The molecule has 0 saturated carbocycles. The summed E-state index contributed by atoms with van der Waals surface area (Å²) < 4.78 is 9.85. The predicted octanol–water partition coefficient (Wildman–Crippen LogP) is 2.35. The van der Waals surface area contributed by atoms with Crippen molar-refractivity contribution in [3.8, 4) is 0 Å². The molecule has 0 rings (SSSR count). The minimum absolute atomic E-state index is 0.248. The van der Waals surface area contributed by atoms with E-state index in [1.54, 1.807) is 7.11 Å². The second kappa shape index (κ2) is 8.89. The number of aliphatic hydroxyl groups is 1. The molecule has 0 aromatic heterocycles. The number of methoxy groups -OCH3 is 1. The molecule has 0 aromatic rings. The van der Waals surface area contributed by atoms with Gasteiger partial charge >= 0.3 is 0 Å². The van der Waals surface area contributed by atoms with Crippen LogP contribution in [0, 0.1) is 5.92 Å². The van der Waals surface area contributed by atoms with Gasteiger partial charge < -0.3 is 14.6 Å². The monoisotopic (exact) mass is 216 g/mol. The van der Waals surface area contributed by atoms with Crippen LogP contribution in [0.25, 0.3) is 0 Å². The first-order valence-corrected chi connectivity index (χ1v) is 5.46. The van der Waals surface area contributed by atoms with Crippen molar-refractivity contribution in [2.45, 2.75) is 39.7 Å². The van der Waals surface area contributed by atoms with Gasteiger partial charge in [0.15, 0.2) is 0 Å². The van der Waals surface area contributed by atoms with Gasteiger partial charge in [-0.05, 0) is 32.6 Å². The summed E-state index contributed by atoms with van der Waals surface area (Å²) in [5.41, 5.74) is 1.33. The topological polar surface area (TPSA) is 38.7 Å². The van der Waals surface area contributed by atoms with Crippen molar-refractivity contribution in [1.82, 2.24) is 0 Å². The molecule has 0 bridgehead atoms. The van der Waals surface area contributed by atoms with Gasteiger partial charge in [0, 0.05) is 7.11 Å². The van der Waals surface area contributed by atoms with Gasteiger partial charge in [-0.3, -0.25) is 0 Å². The lowest BCUT2D eigenvalue weighted by atomic mass is 9.99. The molecule has 0 aliphatic rings. The van der Waals surface area contributed by atoms with Gasteiger partial charge in [0.25, 0.3) is 0 Å². The summed E-state index contributed by atoms with van der Waals surface area (Å²) in [6.07, 6.45) is 3.80. The lowest BCUT2D eigenvalue weighted by molar-refractivity contribution is -0.0721. The Morgan fingerprint density at radius 2 is 2.07 bits per heavy atom. The Morgan fingerprint density at radius 3 is 2.60 bits per heavy atom. The third-order valence-corrected chi connectivity index (χ3v) is 2.32. The summed E-state index contributed by atoms with van der Waals surface area (Å²) in [5.74, 6) is 0.262. The molecule has 1 N–H and O–H groups in total. The lowest BCUT2D eigenvalue weighted by Gasteiger charge is -2.17. The second-order valence-corrected chi connectivity index (χ2v) is 4.18. The molecule has 15 heavy (non-hydrogen) atoms. The third kappa shape index (κ3) is 8.60. The number of ether oxygens (including phenoxy) is 2. The molecule has 0 fully saturated rings. The van der Waals surface area contributed by atoms with E-state index < -0.39 is 6.10 Å². The van der Waals surface area contributed by atoms with Crippen molar-refractivity contribution in [2.75, 3.05) is 20.5 Å². The average molecular weight is 216 g/mol. The van der Waals surface area contributed by atoms with Crippen molar-refractivity contribution in [2.24, 2.45) is 5.92 Å². The van der Waals surface area contributed by atoms with Crippen LogP contribution in [0.1, 0.15) is 33.6 Å². The minimum Gasteiger partial charge on any atom is -0.390 e. The first kappa shape index (κ1) is 14.6. The number of aliphatic hydroxyl groups excluding tert-OH is 1. The molecule has 0 spiro atoms. The number of rotatable bonds is 8. The number of allylic oxidation sites excluding steroid dienone is 2. The highest BCUT2D eigenvalue weighted by molar-refractivity contribution is 4.92. The van der Waals surface area contributed by atoms with Gasteiger partial charge in [-0.15, -0.1) is 0 Å². The van der Waals surface area contributed by atoms with Crippen LogP contribution in [0.3, 0.4) is 0 Å². The average Bonchev–Trinajstić information content (AvgIpc) is 2.17. The zero-order valence-electron chi connectivity index (χ0n) is 10.3. The minimum atomic E-state index is -0.397. The van der Waals surface area contributed by atoms with Crippen molar-refractivity contribution in [3.05, 3.63) is 11.6 Å². The molecule has 1 unspecified atom stereocenters. The Balaban J connectivity index is 3.59. The maximum absolute atomic E-state index is 9.71. The first-order chi connectivity index (χ1) is 7.07. The maximum atomic E-state index is 9.71. The van der Waals surface area contributed by atoms with Gasteiger partial charge in [0.05, 0.1) is 12.7 Å². The van der Waals surface area contributed by atoms with Gasteiger partial charge in [0.2, 0.25) is 0 Å². The molecule has 0 aliphatic carbocycles. The van der Waals surface area contributed by atoms with Crippen molar-refractivity contribution in [3.63, 3.8) is 0 Å². The Bertz CT molecular complexity index is 174. The van der Waals surface area contributed by atoms with Crippen LogP contribution in [-0.4, -0.2) is 31.7 Å². The molecule has 0 heterocycles. The zero-order valence-corrected chi connectivity index (χ0v) is 10.3. The molecule has 0 radical (unpaired) electrons. The van der Waals surface area contributed by atoms with Gasteiger partial charge in [-0.2, -0.15) is 0 Å². The first-order valence-electron chi connectivity index (χ1n) is 5.46. The normalized spacial score (nSPS) is 14.7. The quantitative estimate of drug-likeness (QED) is 0.384. The van der Waals surface area contributed by atoms with Crippen LogP contribution >= 0.6 is 0 Å². The van der Waals surface area contributed by atoms with Crippen LogP contribution in [0.15, 0.2) is 11.6 Å². The Morgan fingerprint density at radius 1 is 1.40 bits per heavy atom. The highest BCUT2D eigenvalue weighted by atomic mass is 16.7. The lowest BCUT2D eigenvalue weighted by Crippen LogP contribution is -2.24. The molecule has 3 heteroatoms. The van der Waals surface area contributed by atoms with E-state index in [1.807, 2.05) is 6.92 Å². The van der Waals surface area contributed by atoms with Crippen molar-refractivity contribution in [1.29, 1.82) is 0 Å². The van der Waals surface area contributed by atoms with E-state index in [-0.39, 0.29) is 12.7 Å². The van der Waals surface area contributed by atoms with Crippen molar-refractivity contribution >= 4 is 0 Å². The largest absolute Gasteiger partial charge is 0.390 e. The van der Waals surface area contributed by atoms with Crippen LogP contribution in [0.4, 0.5) is 0 Å². The predicted molar refractivity (Wildman–Crippen MR) is 61.7 cm³/mol. The van der Waals surface area contributed by atoms with E-state index in [9.17, 15) is 5.11 Å². The summed E-state index contributed by atoms with van der Waals surface area (Å²) >= 11 is 0. The molecule has 3 nitrogen and oxygen atoms in total. The molecule has 90 valence electrons. The molecule has 2 atom stereocenters. The van der Waals surface area contributed by atoms with Gasteiger partial charge in [0.1, 0.15) is 6.79 Å². The fraction of sp³-hybridized carbons (Fsp3) is 0.833. The van der Waals surface area contributed by atoms with Crippen LogP contribution in [0.5, 0.6) is 0 Å². The van der Waals surface area contributed by atoms with Crippen LogP contribution in [-0.2, 0) is 9.47 Å². The number of hydrogen-bond donors (Lipinski definition) is 1. The Labute approximate surface area is 93.1 Å². The third-order valence-electron chi connectivity index (χ3n) is 2.32. The van der Waals surface area contributed by atoms with E-state index in [4.69, 9.17) is 9.47 Å². The van der Waals surface area contributed by atoms with Gasteiger partial charge in [-0.1, -0.05) is 18.6 Å². The summed E-state index contributed by atoms with van der Waals surface area (Å²) in [5, 5.41) is 9.71. The molecular formula is C12H24O3. The fourth-order valence-corrected chi connectivity index (χ4v) is 1.24. The maximum Gasteiger partial charge on any atom is 0.146 e. The Hall–Kier alpha value is -0.380. The molecular weight excluding hydrogens is 192 g/mol. The van der Waals surface area contributed by atoms with E-state index in [0.29, 0.717) is 6.61 Å². The van der Waals surface area contributed by atoms with E-state index in [2.05, 4.69) is 19.9 Å². The van der Waals surface area contributed by atoms with Crippen molar-refractivity contribution < 1.29 is 14.6 Å². The highest BCUT2D eigenvalue weighted by Crippen LogP contribution is 2.12. The van der Waals surface area contributed by atoms with E-state index in [1.165, 1.54) is 5.57 Å². The van der Waals surface area contributed by atoms with E-state index >= 15 is 0 Å². The molecule has 0 amide bonds. The van der Waals surface area contributed by atoms with E-state index in [0.717, 1.165) is 12.8 Å². The van der Waals surface area contributed by atoms with Crippen LogP contribution in [0.2, 0.25) is 0 Å². The molecule has 0 saturated heterocycles. The number of hydrogen-bond acceptors (Lipinski definition) is 3. The molecule has 0 aromatic carbocycles. The zero-order chi connectivity index (χ0) is 11.7. The van der Waals surface area contributed by atoms with Gasteiger partial charge in [-0.25, -0.2) is 0 Å². The highest BCUT2D eigenvalue weighted by Gasteiger charge is 2.13. The SMILES string of the molecule is COCOC[C@@H](O)C(C)CCC=C(C)C. The standard InChI is InChI=1S/C12H24O3/c1-10(2)6-5-7-11(3)12(13)8-15-9-14-4/h6,11-13H,5,7-9H2,1-4H3/t11?,12-/m1/s1.